The number of nitriles is 1. The monoisotopic (exact) mass is 203 g/mol. The van der Waals surface area contributed by atoms with Crippen LogP contribution in [0.1, 0.15) is 0 Å². The van der Waals surface area contributed by atoms with Gasteiger partial charge in [-0.15, -0.1) is 16.6 Å². The molecule has 0 saturated carbocycles. The summed E-state index contributed by atoms with van der Waals surface area (Å²) in [7, 11) is 0. The molecule has 2 nitrogen and oxygen atoms in total. The third-order valence-electron chi connectivity index (χ3n) is 0.707. The first-order valence-electron chi connectivity index (χ1n) is 2.13. The quantitative estimate of drug-likeness (QED) is 0.658. The minimum Gasteiger partial charge on any atom is -0.387 e. The van der Waals surface area contributed by atoms with E-state index in [1.54, 1.807) is 17.7 Å². The zero-order chi connectivity index (χ0) is 6.69. The topological polar surface area (TPSA) is 33.0 Å². The van der Waals surface area contributed by atoms with Crippen LogP contribution in [0, 0.1) is 11.5 Å². The third kappa shape index (κ3) is 1.70. The Balaban J connectivity index is 2.76. The molecule has 1 aromatic rings. The van der Waals surface area contributed by atoms with E-state index in [2.05, 4.69) is 20.7 Å². The summed E-state index contributed by atoms with van der Waals surface area (Å²) in [6.07, 6.45) is 1.58. The molecule has 0 aliphatic carbocycles. The average Bonchev–Trinajstić information content (AvgIpc) is 2.17. The largest absolute Gasteiger partial charge is 0.387 e. The number of thiophene rings is 1. The molecule has 0 atom stereocenters. The van der Waals surface area contributed by atoms with E-state index in [1.165, 1.54) is 11.3 Å². The van der Waals surface area contributed by atoms with Gasteiger partial charge in [-0.05, 0) is 15.9 Å². The summed E-state index contributed by atoms with van der Waals surface area (Å²) in [5.41, 5.74) is 0. The van der Waals surface area contributed by atoms with Gasteiger partial charge in [-0.3, -0.25) is 0 Å². The Kier molecular flexibility index (Phi) is 2.09. The Morgan fingerprint density at radius 1 is 1.78 bits per heavy atom. The van der Waals surface area contributed by atoms with Crippen molar-refractivity contribution in [2.75, 3.05) is 0 Å². The predicted molar refractivity (Wildman–Crippen MR) is 38.3 cm³/mol. The molecule has 0 unspecified atom stereocenters. The summed E-state index contributed by atoms with van der Waals surface area (Å²) >= 11 is 4.72. The fraction of sp³-hybridized carbons (Fsp3) is 0. The molecule has 0 saturated heterocycles. The van der Waals surface area contributed by atoms with Crippen molar-refractivity contribution in [3.63, 3.8) is 0 Å². The van der Waals surface area contributed by atoms with Gasteiger partial charge in [0, 0.05) is 11.4 Å². The van der Waals surface area contributed by atoms with Crippen LogP contribution in [-0.4, -0.2) is 0 Å². The van der Waals surface area contributed by atoms with Crippen LogP contribution in [0.4, 0.5) is 0 Å². The van der Waals surface area contributed by atoms with Crippen LogP contribution < -0.4 is 4.74 Å². The lowest BCUT2D eigenvalue weighted by atomic mass is 10.6. The van der Waals surface area contributed by atoms with E-state index in [0.29, 0.717) is 5.75 Å². The van der Waals surface area contributed by atoms with Gasteiger partial charge in [0.2, 0.25) is 0 Å². The van der Waals surface area contributed by atoms with Crippen molar-refractivity contribution < 1.29 is 4.74 Å². The van der Waals surface area contributed by atoms with Gasteiger partial charge in [-0.25, -0.2) is 0 Å². The number of halogens is 1. The zero-order valence-electron chi connectivity index (χ0n) is 4.30. The van der Waals surface area contributed by atoms with Gasteiger partial charge in [0.05, 0.1) is 3.79 Å². The van der Waals surface area contributed by atoms with Crippen LogP contribution >= 0.6 is 27.3 Å². The van der Waals surface area contributed by atoms with E-state index < -0.39 is 0 Å². The highest BCUT2D eigenvalue weighted by molar-refractivity contribution is 9.11. The van der Waals surface area contributed by atoms with E-state index in [9.17, 15) is 0 Å². The number of hydrogen-bond donors (Lipinski definition) is 0. The van der Waals surface area contributed by atoms with Gasteiger partial charge in [0.1, 0.15) is 0 Å². The SMILES string of the molecule is N#COc1csc(Br)c1. The van der Waals surface area contributed by atoms with Gasteiger partial charge in [-0.1, -0.05) is 0 Å². The first-order valence-corrected chi connectivity index (χ1v) is 3.80. The summed E-state index contributed by atoms with van der Waals surface area (Å²) in [5, 5.41) is 9.80. The minimum atomic E-state index is 0.592. The Bertz CT molecular complexity index is 239. The van der Waals surface area contributed by atoms with E-state index in [-0.39, 0.29) is 0 Å². The molecule has 0 N–H and O–H groups in total. The van der Waals surface area contributed by atoms with Crippen LogP contribution in [0.25, 0.3) is 0 Å². The molecule has 1 heterocycles. The standard InChI is InChI=1S/C5H2BrNOS/c6-5-1-4(2-9-5)8-3-7/h1-2H. The van der Waals surface area contributed by atoms with Crippen LogP contribution in [0.2, 0.25) is 0 Å². The molecule has 1 rings (SSSR count). The molecule has 0 aromatic carbocycles. The lowest BCUT2D eigenvalue weighted by Gasteiger charge is -1.82. The van der Waals surface area contributed by atoms with Gasteiger partial charge >= 0.3 is 0 Å². The van der Waals surface area contributed by atoms with E-state index in [1.807, 2.05) is 0 Å². The highest BCUT2D eigenvalue weighted by atomic mass is 79.9. The van der Waals surface area contributed by atoms with Crippen LogP contribution in [0.15, 0.2) is 15.2 Å². The highest BCUT2D eigenvalue weighted by Crippen LogP contribution is 2.25. The first kappa shape index (κ1) is 6.59. The maximum atomic E-state index is 8.05. The van der Waals surface area contributed by atoms with Crippen molar-refractivity contribution in [1.29, 1.82) is 5.26 Å². The maximum Gasteiger partial charge on any atom is 0.292 e. The van der Waals surface area contributed by atoms with Crippen LogP contribution in [0.5, 0.6) is 5.75 Å². The number of hydrogen-bond acceptors (Lipinski definition) is 3. The Morgan fingerprint density at radius 3 is 3.00 bits per heavy atom. The second-order valence-electron chi connectivity index (χ2n) is 1.28. The average molecular weight is 204 g/mol. The first-order chi connectivity index (χ1) is 4.33. The Labute approximate surface area is 64.8 Å². The van der Waals surface area contributed by atoms with Crippen molar-refractivity contribution in [2.45, 2.75) is 0 Å². The molecule has 0 aliphatic heterocycles. The van der Waals surface area contributed by atoms with Crippen molar-refractivity contribution in [1.82, 2.24) is 0 Å². The van der Waals surface area contributed by atoms with Gasteiger partial charge in [0.25, 0.3) is 6.26 Å². The zero-order valence-corrected chi connectivity index (χ0v) is 6.70. The Hall–Kier alpha value is -0.530. The van der Waals surface area contributed by atoms with Gasteiger partial charge < -0.3 is 4.74 Å². The van der Waals surface area contributed by atoms with Crippen LogP contribution in [0.3, 0.4) is 0 Å². The molecule has 46 valence electrons. The molecular formula is C5H2BrNOS. The summed E-state index contributed by atoms with van der Waals surface area (Å²) in [4.78, 5) is 0. The molecule has 0 spiro atoms. The van der Waals surface area contributed by atoms with Crippen molar-refractivity contribution >= 4 is 27.3 Å². The second kappa shape index (κ2) is 2.85. The third-order valence-corrected chi connectivity index (χ3v) is 2.19. The molecule has 0 amide bonds. The molecule has 0 aliphatic rings. The van der Waals surface area contributed by atoms with Gasteiger partial charge in [-0.2, -0.15) is 0 Å². The minimum absolute atomic E-state index is 0.592. The molecule has 0 fully saturated rings. The predicted octanol–water partition coefficient (Wildman–Crippen LogP) is 2.37. The number of nitrogens with zero attached hydrogens (tertiary/aromatic N) is 1. The molecule has 9 heavy (non-hydrogen) atoms. The smallest absolute Gasteiger partial charge is 0.292 e. The maximum absolute atomic E-state index is 8.05. The second-order valence-corrected chi connectivity index (χ2v) is 3.57. The van der Waals surface area contributed by atoms with Gasteiger partial charge in [0.15, 0.2) is 5.75 Å². The fourth-order valence-corrected chi connectivity index (χ4v) is 1.44. The molecular weight excluding hydrogens is 202 g/mol. The van der Waals surface area contributed by atoms with Crippen molar-refractivity contribution in [2.24, 2.45) is 0 Å². The Morgan fingerprint density at radius 2 is 2.56 bits per heavy atom. The van der Waals surface area contributed by atoms with E-state index in [0.717, 1.165) is 3.79 Å². The highest BCUT2D eigenvalue weighted by Gasteiger charge is 1.94. The van der Waals surface area contributed by atoms with E-state index >= 15 is 0 Å². The molecule has 0 bridgehead atoms. The summed E-state index contributed by atoms with van der Waals surface area (Å²) in [6, 6.07) is 1.74. The van der Waals surface area contributed by atoms with Crippen molar-refractivity contribution in [3.05, 3.63) is 15.2 Å². The van der Waals surface area contributed by atoms with Crippen LogP contribution in [-0.2, 0) is 0 Å². The summed E-state index contributed by atoms with van der Waals surface area (Å²) < 4.78 is 5.48. The summed E-state index contributed by atoms with van der Waals surface area (Å²) in [6.45, 7) is 0. The number of rotatable bonds is 1. The normalized spacial score (nSPS) is 8.44. The molecule has 1 aromatic heterocycles. The lowest BCUT2D eigenvalue weighted by Crippen LogP contribution is -1.74. The molecule has 4 heteroatoms. The fourth-order valence-electron chi connectivity index (χ4n) is 0.400. The van der Waals surface area contributed by atoms with Crippen molar-refractivity contribution in [3.8, 4) is 12.0 Å². The van der Waals surface area contributed by atoms with E-state index in [4.69, 9.17) is 5.26 Å². The number of ether oxygens (including phenoxy) is 1. The summed E-state index contributed by atoms with van der Waals surface area (Å²) in [5.74, 6) is 0.592. The molecule has 0 radical (unpaired) electrons. The lowest BCUT2D eigenvalue weighted by molar-refractivity contribution is 0.509.